The third-order valence-electron chi connectivity index (χ3n) is 3.08. The van der Waals surface area contributed by atoms with Crippen LogP contribution in [0.4, 0.5) is 0 Å². The van der Waals surface area contributed by atoms with Crippen LogP contribution in [0.3, 0.4) is 0 Å². The highest BCUT2D eigenvalue weighted by Gasteiger charge is 2.09. The maximum atomic E-state index is 11.1. The lowest BCUT2D eigenvalue weighted by Crippen LogP contribution is -2.16. The summed E-state index contributed by atoms with van der Waals surface area (Å²) >= 11 is 0. The average Bonchev–Trinajstić information content (AvgIpc) is 2.34. The number of benzene rings is 1. The third kappa shape index (κ3) is 5.12. The number of hydrogen-bond acceptors (Lipinski definition) is 3. The Labute approximate surface area is 113 Å². The van der Waals surface area contributed by atoms with Crippen molar-refractivity contribution in [3.8, 4) is 5.75 Å². The average molecular weight is 263 g/mol. The largest absolute Gasteiger partial charge is 0.493 e. The lowest BCUT2D eigenvalue weighted by Gasteiger charge is -2.13. The van der Waals surface area contributed by atoms with E-state index in [9.17, 15) is 9.59 Å². The predicted molar refractivity (Wildman–Crippen MR) is 74.0 cm³/mol. The van der Waals surface area contributed by atoms with Gasteiger partial charge in [0.1, 0.15) is 11.5 Å². The number of ketones is 1. The Hall–Kier alpha value is -1.84. The van der Waals surface area contributed by atoms with Crippen LogP contribution in [0, 0.1) is 12.8 Å². The van der Waals surface area contributed by atoms with Crippen LogP contribution in [0.25, 0.3) is 0 Å². The van der Waals surface area contributed by atoms with Crippen LogP contribution in [-0.4, -0.2) is 18.3 Å². The molecule has 0 aliphatic heterocycles. The highest BCUT2D eigenvalue weighted by molar-refractivity contribution is 5.78. The van der Waals surface area contributed by atoms with E-state index < -0.39 is 0 Å². The van der Waals surface area contributed by atoms with Crippen molar-refractivity contribution in [2.24, 2.45) is 11.7 Å². The Morgan fingerprint density at radius 2 is 2.05 bits per heavy atom. The lowest BCUT2D eigenvalue weighted by atomic mass is 10.1. The highest BCUT2D eigenvalue weighted by atomic mass is 16.5. The molecule has 0 fully saturated rings. The van der Waals surface area contributed by atoms with Gasteiger partial charge in [0.15, 0.2) is 0 Å². The Balaban J connectivity index is 2.61. The van der Waals surface area contributed by atoms with Crippen LogP contribution in [0.5, 0.6) is 5.75 Å². The standard InChI is InChI=1S/C15H21NO3/c1-10-8-13(5-7-15(16)18)4-6-14(10)19-9-11(2)12(3)17/h4,6,8,11H,5,7,9H2,1-3H3,(H2,16,18)/t11-/m0/s1. The number of nitrogens with two attached hydrogens (primary N) is 1. The summed E-state index contributed by atoms with van der Waals surface area (Å²) in [7, 11) is 0. The molecule has 104 valence electrons. The minimum absolute atomic E-state index is 0.103. The number of aryl methyl sites for hydroxylation is 2. The second kappa shape index (κ2) is 6.92. The van der Waals surface area contributed by atoms with E-state index in [-0.39, 0.29) is 17.6 Å². The topological polar surface area (TPSA) is 69.4 Å². The molecule has 19 heavy (non-hydrogen) atoms. The predicted octanol–water partition coefficient (Wildman–Crippen LogP) is 2.02. The van der Waals surface area contributed by atoms with Gasteiger partial charge in [-0.2, -0.15) is 0 Å². The zero-order valence-electron chi connectivity index (χ0n) is 11.7. The van der Waals surface area contributed by atoms with Gasteiger partial charge in [0, 0.05) is 12.3 Å². The molecule has 0 unspecified atom stereocenters. The Kier molecular flexibility index (Phi) is 5.55. The lowest BCUT2D eigenvalue weighted by molar-refractivity contribution is -0.121. The monoisotopic (exact) mass is 263 g/mol. The SMILES string of the molecule is CC(=O)[C@@H](C)COc1ccc(CCC(N)=O)cc1C. The van der Waals surface area contributed by atoms with Gasteiger partial charge in [0.05, 0.1) is 6.61 Å². The Bertz CT molecular complexity index is 468. The van der Waals surface area contributed by atoms with Gasteiger partial charge in [-0.05, 0) is 37.5 Å². The first-order valence-corrected chi connectivity index (χ1v) is 6.41. The fourth-order valence-electron chi connectivity index (χ4n) is 1.63. The number of amides is 1. The fourth-order valence-corrected chi connectivity index (χ4v) is 1.63. The zero-order valence-corrected chi connectivity index (χ0v) is 11.7. The number of carbonyl (C=O) groups is 2. The number of carbonyl (C=O) groups excluding carboxylic acids is 2. The van der Waals surface area contributed by atoms with E-state index in [1.807, 2.05) is 32.0 Å². The van der Waals surface area contributed by atoms with E-state index in [1.54, 1.807) is 6.92 Å². The molecule has 4 nitrogen and oxygen atoms in total. The smallest absolute Gasteiger partial charge is 0.217 e. The van der Waals surface area contributed by atoms with Crippen molar-refractivity contribution in [3.63, 3.8) is 0 Å². The number of primary amides is 1. The minimum atomic E-state index is -0.298. The molecule has 1 aromatic carbocycles. The normalized spacial score (nSPS) is 11.9. The van der Waals surface area contributed by atoms with E-state index in [4.69, 9.17) is 10.5 Å². The first-order chi connectivity index (χ1) is 8.90. The summed E-state index contributed by atoms with van der Waals surface area (Å²) in [5.74, 6) is 0.494. The van der Waals surface area contributed by atoms with Gasteiger partial charge in [-0.25, -0.2) is 0 Å². The van der Waals surface area contributed by atoms with Gasteiger partial charge >= 0.3 is 0 Å². The van der Waals surface area contributed by atoms with Crippen LogP contribution in [0.1, 0.15) is 31.4 Å². The van der Waals surface area contributed by atoms with Crippen molar-refractivity contribution < 1.29 is 14.3 Å². The molecule has 0 saturated carbocycles. The molecule has 0 aliphatic carbocycles. The number of ether oxygens (including phenoxy) is 1. The van der Waals surface area contributed by atoms with E-state index >= 15 is 0 Å². The van der Waals surface area contributed by atoms with Crippen molar-refractivity contribution in [1.82, 2.24) is 0 Å². The second-order valence-electron chi connectivity index (χ2n) is 4.89. The van der Waals surface area contributed by atoms with Crippen LogP contribution >= 0.6 is 0 Å². The van der Waals surface area contributed by atoms with Crippen molar-refractivity contribution in [1.29, 1.82) is 0 Å². The molecule has 0 aliphatic rings. The molecule has 2 N–H and O–H groups in total. The zero-order chi connectivity index (χ0) is 14.4. The maximum Gasteiger partial charge on any atom is 0.217 e. The molecule has 1 atom stereocenters. The molecule has 1 aromatic rings. The Morgan fingerprint density at radius 3 is 2.58 bits per heavy atom. The van der Waals surface area contributed by atoms with E-state index in [0.717, 1.165) is 16.9 Å². The molecule has 0 heterocycles. The molecule has 0 spiro atoms. The summed E-state index contributed by atoms with van der Waals surface area (Å²) in [6, 6.07) is 5.78. The van der Waals surface area contributed by atoms with Crippen LogP contribution in [-0.2, 0) is 16.0 Å². The molecule has 0 bridgehead atoms. The molecule has 1 amide bonds. The van der Waals surface area contributed by atoms with Crippen LogP contribution < -0.4 is 10.5 Å². The van der Waals surface area contributed by atoms with Gasteiger partial charge < -0.3 is 10.5 Å². The summed E-state index contributed by atoms with van der Waals surface area (Å²) in [5, 5.41) is 0. The Morgan fingerprint density at radius 1 is 1.37 bits per heavy atom. The van der Waals surface area contributed by atoms with Crippen LogP contribution in [0.2, 0.25) is 0 Å². The number of rotatable bonds is 7. The van der Waals surface area contributed by atoms with Gasteiger partial charge in [-0.1, -0.05) is 19.1 Å². The minimum Gasteiger partial charge on any atom is -0.493 e. The summed E-state index contributed by atoms with van der Waals surface area (Å²) in [4.78, 5) is 21.9. The van der Waals surface area contributed by atoms with E-state index in [2.05, 4.69) is 0 Å². The van der Waals surface area contributed by atoms with E-state index in [1.165, 1.54) is 0 Å². The summed E-state index contributed by atoms with van der Waals surface area (Å²) < 4.78 is 5.63. The highest BCUT2D eigenvalue weighted by Crippen LogP contribution is 2.20. The second-order valence-corrected chi connectivity index (χ2v) is 4.89. The summed E-state index contributed by atoms with van der Waals surface area (Å²) in [6.07, 6.45) is 0.987. The molecule has 0 saturated heterocycles. The van der Waals surface area contributed by atoms with E-state index in [0.29, 0.717) is 19.4 Å². The quantitative estimate of drug-likeness (QED) is 0.818. The maximum absolute atomic E-state index is 11.1. The van der Waals surface area contributed by atoms with Crippen LogP contribution in [0.15, 0.2) is 18.2 Å². The summed E-state index contributed by atoms with van der Waals surface area (Å²) in [6.45, 7) is 5.74. The number of Topliss-reactive ketones (excluding diaryl/α,β-unsaturated/α-hetero) is 1. The fraction of sp³-hybridized carbons (Fsp3) is 0.467. The van der Waals surface area contributed by atoms with Gasteiger partial charge in [-0.15, -0.1) is 0 Å². The van der Waals surface area contributed by atoms with Crippen molar-refractivity contribution in [2.75, 3.05) is 6.61 Å². The molecule has 4 heteroatoms. The van der Waals surface area contributed by atoms with Gasteiger partial charge in [-0.3, -0.25) is 9.59 Å². The molecule has 1 rings (SSSR count). The first-order valence-electron chi connectivity index (χ1n) is 6.41. The molecule has 0 aromatic heterocycles. The van der Waals surface area contributed by atoms with Crippen molar-refractivity contribution >= 4 is 11.7 Å². The molecular weight excluding hydrogens is 242 g/mol. The third-order valence-corrected chi connectivity index (χ3v) is 3.08. The first kappa shape index (κ1) is 15.2. The molecular formula is C15H21NO3. The summed E-state index contributed by atoms with van der Waals surface area (Å²) in [5.41, 5.74) is 7.18. The van der Waals surface area contributed by atoms with Gasteiger partial charge in [0.2, 0.25) is 5.91 Å². The molecule has 0 radical (unpaired) electrons. The van der Waals surface area contributed by atoms with Crippen molar-refractivity contribution in [3.05, 3.63) is 29.3 Å². The number of hydrogen-bond donors (Lipinski definition) is 1. The van der Waals surface area contributed by atoms with Crippen molar-refractivity contribution in [2.45, 2.75) is 33.6 Å². The van der Waals surface area contributed by atoms with Gasteiger partial charge in [0.25, 0.3) is 0 Å².